The van der Waals surface area contributed by atoms with Gasteiger partial charge in [-0.1, -0.05) is 37.3 Å². The van der Waals surface area contributed by atoms with Crippen molar-refractivity contribution >= 4 is 5.96 Å². The van der Waals surface area contributed by atoms with Gasteiger partial charge in [-0.3, -0.25) is 4.99 Å². The van der Waals surface area contributed by atoms with Crippen LogP contribution in [0, 0.1) is 5.92 Å². The molecule has 0 aliphatic carbocycles. The third-order valence-electron chi connectivity index (χ3n) is 4.76. The molecule has 134 valence electrons. The third kappa shape index (κ3) is 6.52. The molecule has 1 aliphatic heterocycles. The van der Waals surface area contributed by atoms with Crippen molar-refractivity contribution in [2.45, 2.75) is 46.1 Å². The number of aryl methyl sites for hydroxylation is 1. The molecule has 0 aromatic heterocycles. The van der Waals surface area contributed by atoms with Crippen LogP contribution < -0.4 is 10.6 Å². The van der Waals surface area contributed by atoms with Crippen LogP contribution in [0.2, 0.25) is 0 Å². The second-order valence-electron chi connectivity index (χ2n) is 6.84. The average Bonchev–Trinajstić information content (AvgIpc) is 3.07. The molecule has 2 unspecified atom stereocenters. The minimum absolute atomic E-state index is 0.415. The van der Waals surface area contributed by atoms with Crippen molar-refractivity contribution in [1.29, 1.82) is 0 Å². The van der Waals surface area contributed by atoms with E-state index in [-0.39, 0.29) is 0 Å². The van der Waals surface area contributed by atoms with E-state index in [1.165, 1.54) is 25.1 Å². The summed E-state index contributed by atoms with van der Waals surface area (Å²) in [6.45, 7) is 12.0. The number of rotatable bonds is 8. The number of guanidine groups is 1. The first-order chi connectivity index (χ1) is 11.7. The minimum atomic E-state index is 0.415. The Morgan fingerprint density at radius 2 is 2.08 bits per heavy atom. The number of nitrogens with zero attached hydrogens (tertiary/aromatic N) is 2. The molecule has 0 amide bonds. The molecular formula is C20H34N4. The Kier molecular flexibility index (Phi) is 8.10. The molecule has 1 heterocycles. The van der Waals surface area contributed by atoms with Crippen LogP contribution in [0.1, 0.15) is 39.2 Å². The molecule has 1 aliphatic rings. The normalized spacial score (nSPS) is 20.1. The zero-order chi connectivity index (χ0) is 17.2. The molecule has 1 aromatic rings. The van der Waals surface area contributed by atoms with Gasteiger partial charge in [-0.05, 0) is 57.7 Å². The van der Waals surface area contributed by atoms with Gasteiger partial charge in [0.25, 0.3) is 0 Å². The van der Waals surface area contributed by atoms with Crippen LogP contribution in [-0.4, -0.2) is 49.6 Å². The Hall–Kier alpha value is -1.55. The predicted octanol–water partition coefficient (Wildman–Crippen LogP) is 2.90. The van der Waals surface area contributed by atoms with E-state index in [0.717, 1.165) is 38.4 Å². The molecule has 4 heteroatoms. The summed E-state index contributed by atoms with van der Waals surface area (Å²) in [7, 11) is 0. The summed E-state index contributed by atoms with van der Waals surface area (Å²) >= 11 is 0. The number of aliphatic imine (C=N–C) groups is 1. The van der Waals surface area contributed by atoms with E-state index in [1.54, 1.807) is 0 Å². The Balaban J connectivity index is 1.77. The van der Waals surface area contributed by atoms with Gasteiger partial charge in [-0.15, -0.1) is 0 Å². The SMILES string of the molecule is CCNC(=NCC1CCN(CC)C1)NC(C)CCc1ccccc1. The van der Waals surface area contributed by atoms with Crippen LogP contribution in [-0.2, 0) is 6.42 Å². The molecule has 1 aromatic carbocycles. The third-order valence-corrected chi connectivity index (χ3v) is 4.76. The highest BCUT2D eigenvalue weighted by Crippen LogP contribution is 2.15. The topological polar surface area (TPSA) is 39.7 Å². The standard InChI is InChI=1S/C20H34N4/c1-4-21-20(22-15-19-13-14-24(5-2)16-19)23-17(3)11-12-18-9-7-6-8-10-18/h6-10,17,19H,4-5,11-16H2,1-3H3,(H2,21,22,23). The highest BCUT2D eigenvalue weighted by atomic mass is 15.2. The van der Waals surface area contributed by atoms with Crippen LogP contribution in [0.5, 0.6) is 0 Å². The fourth-order valence-corrected chi connectivity index (χ4v) is 3.22. The van der Waals surface area contributed by atoms with Crippen molar-refractivity contribution in [2.75, 3.05) is 32.7 Å². The zero-order valence-electron chi connectivity index (χ0n) is 15.6. The minimum Gasteiger partial charge on any atom is -0.357 e. The number of hydrogen-bond acceptors (Lipinski definition) is 2. The van der Waals surface area contributed by atoms with E-state index in [4.69, 9.17) is 4.99 Å². The summed E-state index contributed by atoms with van der Waals surface area (Å²) in [6, 6.07) is 11.1. The number of likely N-dealkylation sites (tertiary alicyclic amines) is 1. The maximum Gasteiger partial charge on any atom is 0.191 e. The van der Waals surface area contributed by atoms with Gasteiger partial charge in [0.15, 0.2) is 5.96 Å². The van der Waals surface area contributed by atoms with Crippen molar-refractivity contribution in [3.05, 3.63) is 35.9 Å². The fourth-order valence-electron chi connectivity index (χ4n) is 3.22. The van der Waals surface area contributed by atoms with Crippen molar-refractivity contribution in [1.82, 2.24) is 15.5 Å². The number of hydrogen-bond donors (Lipinski definition) is 2. The molecular weight excluding hydrogens is 296 g/mol. The quantitative estimate of drug-likeness (QED) is 0.569. The summed E-state index contributed by atoms with van der Waals surface area (Å²) in [5.74, 6) is 1.67. The maximum atomic E-state index is 4.83. The first-order valence-electron chi connectivity index (χ1n) is 9.52. The summed E-state index contributed by atoms with van der Waals surface area (Å²) in [5, 5.41) is 6.95. The lowest BCUT2D eigenvalue weighted by atomic mass is 10.1. The zero-order valence-corrected chi connectivity index (χ0v) is 15.6. The molecule has 0 spiro atoms. The second-order valence-corrected chi connectivity index (χ2v) is 6.84. The second kappa shape index (κ2) is 10.3. The Morgan fingerprint density at radius 1 is 1.29 bits per heavy atom. The first kappa shape index (κ1) is 18.8. The van der Waals surface area contributed by atoms with E-state index in [2.05, 4.69) is 66.6 Å². The summed E-state index contributed by atoms with van der Waals surface area (Å²) < 4.78 is 0. The molecule has 2 rings (SSSR count). The predicted molar refractivity (Wildman–Crippen MR) is 104 cm³/mol. The van der Waals surface area contributed by atoms with E-state index < -0.39 is 0 Å². The van der Waals surface area contributed by atoms with Crippen molar-refractivity contribution < 1.29 is 0 Å². The van der Waals surface area contributed by atoms with Crippen LogP contribution in [0.4, 0.5) is 0 Å². The van der Waals surface area contributed by atoms with Gasteiger partial charge in [0.1, 0.15) is 0 Å². The maximum absolute atomic E-state index is 4.83. The van der Waals surface area contributed by atoms with Gasteiger partial charge in [0.2, 0.25) is 0 Å². The lowest BCUT2D eigenvalue weighted by molar-refractivity contribution is 0.343. The molecule has 1 fully saturated rings. The van der Waals surface area contributed by atoms with Crippen LogP contribution in [0.25, 0.3) is 0 Å². The number of nitrogens with one attached hydrogen (secondary N) is 2. The highest BCUT2D eigenvalue weighted by Gasteiger charge is 2.20. The van der Waals surface area contributed by atoms with Crippen LogP contribution in [0.15, 0.2) is 35.3 Å². The molecule has 2 N–H and O–H groups in total. The molecule has 0 bridgehead atoms. The van der Waals surface area contributed by atoms with E-state index in [9.17, 15) is 0 Å². The molecule has 24 heavy (non-hydrogen) atoms. The first-order valence-corrected chi connectivity index (χ1v) is 9.52. The highest BCUT2D eigenvalue weighted by molar-refractivity contribution is 5.80. The smallest absolute Gasteiger partial charge is 0.191 e. The van der Waals surface area contributed by atoms with E-state index in [1.807, 2.05) is 0 Å². The van der Waals surface area contributed by atoms with Gasteiger partial charge >= 0.3 is 0 Å². The fraction of sp³-hybridized carbons (Fsp3) is 0.650. The molecule has 0 saturated carbocycles. The van der Waals surface area contributed by atoms with Gasteiger partial charge in [-0.25, -0.2) is 0 Å². The summed E-state index contributed by atoms with van der Waals surface area (Å²) in [4.78, 5) is 7.34. The lowest BCUT2D eigenvalue weighted by Gasteiger charge is -2.18. The average molecular weight is 331 g/mol. The largest absolute Gasteiger partial charge is 0.357 e. The van der Waals surface area contributed by atoms with Gasteiger partial charge in [0, 0.05) is 25.7 Å². The van der Waals surface area contributed by atoms with Gasteiger partial charge < -0.3 is 15.5 Å². The van der Waals surface area contributed by atoms with Crippen molar-refractivity contribution in [3.63, 3.8) is 0 Å². The molecule has 2 atom stereocenters. The van der Waals surface area contributed by atoms with Crippen molar-refractivity contribution in [3.8, 4) is 0 Å². The van der Waals surface area contributed by atoms with E-state index >= 15 is 0 Å². The van der Waals surface area contributed by atoms with Gasteiger partial charge in [0.05, 0.1) is 0 Å². The molecule has 4 nitrogen and oxygen atoms in total. The Bertz CT molecular complexity index is 486. The summed E-state index contributed by atoms with van der Waals surface area (Å²) in [6.07, 6.45) is 3.49. The van der Waals surface area contributed by atoms with Crippen LogP contribution >= 0.6 is 0 Å². The Morgan fingerprint density at radius 3 is 2.75 bits per heavy atom. The molecule has 1 saturated heterocycles. The van der Waals surface area contributed by atoms with Gasteiger partial charge in [-0.2, -0.15) is 0 Å². The Labute approximate surface area is 147 Å². The summed E-state index contributed by atoms with van der Waals surface area (Å²) in [5.41, 5.74) is 1.40. The van der Waals surface area contributed by atoms with Crippen LogP contribution in [0.3, 0.4) is 0 Å². The van der Waals surface area contributed by atoms with E-state index in [0.29, 0.717) is 12.0 Å². The van der Waals surface area contributed by atoms with Crippen molar-refractivity contribution in [2.24, 2.45) is 10.9 Å². The molecule has 0 radical (unpaired) electrons. The monoisotopic (exact) mass is 330 g/mol. The lowest BCUT2D eigenvalue weighted by Crippen LogP contribution is -2.42. The number of benzene rings is 1.